The van der Waals surface area contributed by atoms with Crippen molar-refractivity contribution in [2.75, 3.05) is 0 Å². The first-order valence-corrected chi connectivity index (χ1v) is 6.34. The fourth-order valence-electron chi connectivity index (χ4n) is 1.54. The Morgan fingerprint density at radius 2 is 2.05 bits per heavy atom. The second-order valence-electron chi connectivity index (χ2n) is 4.54. The molecule has 0 bridgehead atoms. The van der Waals surface area contributed by atoms with Gasteiger partial charge in [-0.3, -0.25) is 25.3 Å². The minimum atomic E-state index is -4.58. The number of H-pyrrole nitrogens is 2. The number of rotatable bonds is 3. The highest BCUT2D eigenvalue weighted by atomic mass is 32.2. The van der Waals surface area contributed by atoms with Gasteiger partial charge >= 0.3 is 6.18 Å². The van der Waals surface area contributed by atoms with Crippen LogP contribution in [0.3, 0.4) is 0 Å². The van der Waals surface area contributed by atoms with Gasteiger partial charge in [0.2, 0.25) is 0 Å². The molecule has 5 nitrogen and oxygen atoms in total. The highest BCUT2D eigenvalue weighted by Crippen LogP contribution is 2.33. The maximum absolute atomic E-state index is 12.6. The lowest BCUT2D eigenvalue weighted by molar-refractivity contribution is -0.141. The molecule has 0 fully saturated rings. The fourth-order valence-corrected chi connectivity index (χ4v) is 2.58. The molecule has 0 saturated heterocycles. The first-order valence-electron chi connectivity index (χ1n) is 5.35. The van der Waals surface area contributed by atoms with Gasteiger partial charge in [-0.2, -0.15) is 13.2 Å². The molecule has 0 radical (unpaired) electrons. The molecule has 0 aliphatic carbocycles. The van der Waals surface area contributed by atoms with Gasteiger partial charge in [-0.15, -0.1) is 11.8 Å². The average Bonchev–Trinajstić information content (AvgIpc) is 2.78. The van der Waals surface area contributed by atoms with Crippen molar-refractivity contribution in [3.8, 4) is 0 Å². The summed E-state index contributed by atoms with van der Waals surface area (Å²) in [5.41, 5.74) is -0.0389. The highest BCUT2D eigenvalue weighted by molar-refractivity contribution is 8.02. The molecule has 2 rings (SSSR count). The number of aromatic amines is 2. The molecular weight excluding hydrogens is 283 g/mol. The zero-order valence-electron chi connectivity index (χ0n) is 10.1. The van der Waals surface area contributed by atoms with Crippen LogP contribution in [0.1, 0.15) is 25.1 Å². The number of thioether (sulfide) groups is 1. The van der Waals surface area contributed by atoms with Gasteiger partial charge in [-0.1, -0.05) is 0 Å². The third-order valence-corrected chi connectivity index (χ3v) is 3.37. The number of alkyl halides is 3. The first kappa shape index (κ1) is 14.1. The molecule has 2 heterocycles. The van der Waals surface area contributed by atoms with Crippen molar-refractivity contribution in [3.05, 3.63) is 32.7 Å². The van der Waals surface area contributed by atoms with Gasteiger partial charge < -0.3 is 0 Å². The smallest absolute Gasteiger partial charge is 0.293 e. The summed E-state index contributed by atoms with van der Waals surface area (Å²) in [6.07, 6.45) is -2.84. The second kappa shape index (κ2) is 4.64. The van der Waals surface area contributed by atoms with E-state index in [4.69, 9.17) is 4.84 Å². The van der Waals surface area contributed by atoms with Crippen molar-refractivity contribution in [1.82, 2.24) is 15.7 Å². The van der Waals surface area contributed by atoms with Gasteiger partial charge in [0.15, 0.2) is 0 Å². The number of hydrogen-bond donors (Lipinski definition) is 3. The van der Waals surface area contributed by atoms with E-state index < -0.39 is 23.0 Å². The Kier molecular flexibility index (Phi) is 3.43. The van der Waals surface area contributed by atoms with Crippen LogP contribution in [-0.2, 0) is 16.8 Å². The van der Waals surface area contributed by atoms with Gasteiger partial charge in [0.25, 0.3) is 5.56 Å². The molecule has 0 aromatic carbocycles. The lowest BCUT2D eigenvalue weighted by Crippen LogP contribution is -2.20. The number of nitrogens with one attached hydrogen (secondary N) is 3. The molecule has 1 aromatic rings. The number of aromatic nitrogens is 2. The zero-order chi connectivity index (χ0) is 14.3. The maximum atomic E-state index is 12.6. The monoisotopic (exact) mass is 295 g/mol. The molecule has 1 aromatic heterocycles. The van der Waals surface area contributed by atoms with Crippen molar-refractivity contribution in [2.45, 2.75) is 31.4 Å². The van der Waals surface area contributed by atoms with E-state index in [1.54, 1.807) is 19.9 Å². The Morgan fingerprint density at radius 1 is 1.37 bits per heavy atom. The Bertz CT molecular complexity index is 559. The Balaban J connectivity index is 2.13. The highest BCUT2D eigenvalue weighted by Gasteiger charge is 2.37. The van der Waals surface area contributed by atoms with Crippen LogP contribution in [0.25, 0.3) is 0 Å². The molecule has 3 N–H and O–H groups in total. The summed E-state index contributed by atoms with van der Waals surface area (Å²) >= 11 is 1.07. The van der Waals surface area contributed by atoms with Gasteiger partial charge in [-0.25, -0.2) is 0 Å². The molecule has 0 saturated carbocycles. The van der Waals surface area contributed by atoms with Crippen LogP contribution in [0.15, 0.2) is 15.9 Å². The van der Waals surface area contributed by atoms with Crippen molar-refractivity contribution < 1.29 is 18.0 Å². The quantitative estimate of drug-likeness (QED) is 0.799. The summed E-state index contributed by atoms with van der Waals surface area (Å²) in [7, 11) is 0. The predicted octanol–water partition coefficient (Wildman–Crippen LogP) is 2.11. The third kappa shape index (κ3) is 3.16. The van der Waals surface area contributed by atoms with Gasteiger partial charge in [0.05, 0.1) is 10.6 Å². The van der Waals surface area contributed by atoms with Crippen LogP contribution in [0.5, 0.6) is 0 Å². The van der Waals surface area contributed by atoms with E-state index in [0.29, 0.717) is 5.03 Å². The van der Waals surface area contributed by atoms with Crippen molar-refractivity contribution in [1.29, 1.82) is 0 Å². The van der Waals surface area contributed by atoms with Crippen LogP contribution in [0.4, 0.5) is 13.2 Å². The fraction of sp³-hybridized carbons (Fsp3) is 0.500. The summed E-state index contributed by atoms with van der Waals surface area (Å²) in [6.45, 7) is 3.61. The molecule has 0 atom stereocenters. The van der Waals surface area contributed by atoms with E-state index in [0.717, 1.165) is 11.8 Å². The van der Waals surface area contributed by atoms with E-state index in [9.17, 15) is 18.0 Å². The van der Waals surface area contributed by atoms with Gasteiger partial charge in [0.1, 0.15) is 11.3 Å². The van der Waals surface area contributed by atoms with Crippen molar-refractivity contribution >= 4 is 11.8 Å². The standard InChI is InChI=1S/C10H12F3N3O2S/c1-9(2)3-6(16-18-9)19-4-5-7(10(11,12)13)14-15-8(5)17/h3,16H,4H2,1-2H3,(H2,14,15,17). The molecule has 1 aliphatic rings. The molecule has 0 unspecified atom stereocenters. The molecule has 106 valence electrons. The van der Waals surface area contributed by atoms with Crippen LogP contribution in [-0.4, -0.2) is 15.8 Å². The van der Waals surface area contributed by atoms with Crippen LogP contribution < -0.4 is 11.0 Å². The molecule has 9 heteroatoms. The summed E-state index contributed by atoms with van der Waals surface area (Å²) in [5, 5.41) is 4.39. The minimum Gasteiger partial charge on any atom is -0.293 e. The molecule has 0 amide bonds. The molecule has 1 aliphatic heterocycles. The molecular formula is C10H12F3N3O2S. The summed E-state index contributed by atoms with van der Waals surface area (Å²) < 4.78 is 37.9. The predicted molar refractivity (Wildman–Crippen MR) is 64.1 cm³/mol. The Labute approximate surface area is 110 Å². The van der Waals surface area contributed by atoms with Crippen LogP contribution >= 0.6 is 11.8 Å². The maximum Gasteiger partial charge on any atom is 0.433 e. The van der Waals surface area contributed by atoms with E-state index in [-0.39, 0.29) is 11.3 Å². The summed E-state index contributed by atoms with van der Waals surface area (Å²) in [4.78, 5) is 16.5. The Morgan fingerprint density at radius 3 is 2.58 bits per heavy atom. The lowest BCUT2D eigenvalue weighted by Gasteiger charge is -2.11. The van der Waals surface area contributed by atoms with Crippen molar-refractivity contribution in [2.24, 2.45) is 0 Å². The normalized spacial score (nSPS) is 18.3. The number of hydrogen-bond acceptors (Lipinski definition) is 4. The van der Waals surface area contributed by atoms with E-state index in [1.165, 1.54) is 0 Å². The first-order chi connectivity index (χ1) is 8.69. The summed E-state index contributed by atoms with van der Waals surface area (Å²) in [5.74, 6) is -0.105. The summed E-state index contributed by atoms with van der Waals surface area (Å²) in [6, 6.07) is 0. The lowest BCUT2D eigenvalue weighted by atomic mass is 10.1. The van der Waals surface area contributed by atoms with Crippen LogP contribution in [0.2, 0.25) is 0 Å². The topological polar surface area (TPSA) is 69.9 Å². The van der Waals surface area contributed by atoms with Gasteiger partial charge in [0, 0.05) is 5.75 Å². The van der Waals surface area contributed by atoms with E-state index in [1.807, 2.05) is 10.2 Å². The number of halogens is 3. The average molecular weight is 295 g/mol. The van der Waals surface area contributed by atoms with E-state index in [2.05, 4.69) is 5.48 Å². The van der Waals surface area contributed by atoms with Gasteiger partial charge in [-0.05, 0) is 19.9 Å². The zero-order valence-corrected chi connectivity index (χ0v) is 11.0. The third-order valence-electron chi connectivity index (χ3n) is 2.43. The number of hydroxylamine groups is 1. The Hall–Kier alpha value is -1.35. The second-order valence-corrected chi connectivity index (χ2v) is 5.55. The molecule has 0 spiro atoms. The van der Waals surface area contributed by atoms with Crippen molar-refractivity contribution in [3.63, 3.8) is 0 Å². The largest absolute Gasteiger partial charge is 0.433 e. The van der Waals surface area contributed by atoms with Crippen LogP contribution in [0, 0.1) is 0 Å². The van der Waals surface area contributed by atoms with E-state index >= 15 is 0 Å². The molecule has 19 heavy (non-hydrogen) atoms. The SMILES string of the molecule is CC1(C)C=C(SCc2c(C(F)(F)F)[nH][nH]c2=O)NO1. The minimum absolute atomic E-state index is 0.105.